The quantitative estimate of drug-likeness (QED) is 0.809. The number of aliphatic hydroxyl groups is 1. The number of hydrogen-bond donors (Lipinski definition) is 2. The summed E-state index contributed by atoms with van der Waals surface area (Å²) in [5.41, 5.74) is 4.03. The Bertz CT molecular complexity index is 710. The summed E-state index contributed by atoms with van der Waals surface area (Å²) in [6, 6.07) is 7.09. The van der Waals surface area contributed by atoms with Crippen LogP contribution in [-0.2, 0) is 24.9 Å². The molecule has 1 atom stereocenters. The molecule has 0 aliphatic heterocycles. The third-order valence-electron chi connectivity index (χ3n) is 4.10. The molecular weight excluding hydrogens is 306 g/mol. The number of amides is 1. The van der Waals surface area contributed by atoms with Gasteiger partial charge in [0.15, 0.2) is 6.10 Å². The third-order valence-corrected chi connectivity index (χ3v) is 4.10. The first-order valence-electron chi connectivity index (χ1n) is 8.05. The number of carbonyl (C=O) groups is 1. The van der Waals surface area contributed by atoms with Crippen LogP contribution in [0.25, 0.3) is 0 Å². The summed E-state index contributed by atoms with van der Waals surface area (Å²) in [6.07, 6.45) is 0.138. The maximum atomic E-state index is 12.2. The van der Waals surface area contributed by atoms with Crippen LogP contribution in [0.15, 0.2) is 24.3 Å². The molecule has 1 aromatic heterocycles. The van der Waals surface area contributed by atoms with E-state index >= 15 is 0 Å². The average Bonchev–Trinajstić information content (AvgIpc) is 2.80. The van der Waals surface area contributed by atoms with Gasteiger partial charge in [-0.05, 0) is 50.5 Å². The minimum atomic E-state index is -0.602. The van der Waals surface area contributed by atoms with Crippen molar-refractivity contribution in [2.75, 3.05) is 6.54 Å². The Balaban J connectivity index is 1.85. The van der Waals surface area contributed by atoms with E-state index in [1.807, 2.05) is 25.6 Å². The Morgan fingerprint density at radius 1 is 1.42 bits per heavy atom. The fourth-order valence-corrected chi connectivity index (χ4v) is 2.61. The Hall–Kier alpha value is -2.34. The molecule has 0 aliphatic rings. The van der Waals surface area contributed by atoms with E-state index in [4.69, 9.17) is 9.84 Å². The summed E-state index contributed by atoms with van der Waals surface area (Å²) in [7, 11) is 1.92. The predicted octanol–water partition coefficient (Wildman–Crippen LogP) is 1.66. The van der Waals surface area contributed by atoms with Crippen molar-refractivity contribution >= 4 is 5.91 Å². The normalized spacial score (nSPS) is 12.0. The number of aromatic nitrogens is 2. The van der Waals surface area contributed by atoms with E-state index in [1.54, 1.807) is 31.2 Å². The van der Waals surface area contributed by atoms with Crippen molar-refractivity contribution < 1.29 is 14.6 Å². The van der Waals surface area contributed by atoms with Crippen LogP contribution in [-0.4, -0.2) is 33.4 Å². The first-order valence-corrected chi connectivity index (χ1v) is 8.05. The lowest BCUT2D eigenvalue weighted by atomic mass is 10.1. The van der Waals surface area contributed by atoms with Crippen LogP contribution in [0.3, 0.4) is 0 Å². The maximum absolute atomic E-state index is 12.2. The monoisotopic (exact) mass is 331 g/mol. The fraction of sp³-hybridized carbons (Fsp3) is 0.444. The number of nitrogens with zero attached hydrogens (tertiary/aromatic N) is 2. The second kappa shape index (κ2) is 7.97. The van der Waals surface area contributed by atoms with E-state index < -0.39 is 6.10 Å². The molecule has 0 fully saturated rings. The minimum absolute atomic E-state index is 0.0540. The highest BCUT2D eigenvalue weighted by atomic mass is 16.5. The van der Waals surface area contributed by atoms with Crippen molar-refractivity contribution in [3.63, 3.8) is 0 Å². The lowest BCUT2D eigenvalue weighted by Crippen LogP contribution is -2.37. The molecule has 0 saturated heterocycles. The van der Waals surface area contributed by atoms with Gasteiger partial charge in [-0.3, -0.25) is 9.48 Å². The molecule has 0 radical (unpaired) electrons. The zero-order valence-electron chi connectivity index (χ0n) is 14.7. The zero-order valence-corrected chi connectivity index (χ0v) is 14.7. The lowest BCUT2D eigenvalue weighted by Gasteiger charge is -2.15. The first-order chi connectivity index (χ1) is 11.4. The summed E-state index contributed by atoms with van der Waals surface area (Å²) in [5.74, 6) is 0.409. The number of benzene rings is 1. The molecule has 6 nitrogen and oxygen atoms in total. The van der Waals surface area contributed by atoms with Crippen molar-refractivity contribution in [2.24, 2.45) is 7.05 Å². The standard InChI is InChI=1S/C18H25N3O3/c1-12-17(13(2)21(4)20-12)8-9-19-18(23)14(3)24-16-7-5-6-15(10-16)11-22/h5-7,10,14,22H,8-9,11H2,1-4H3,(H,19,23). The van der Waals surface area contributed by atoms with Crippen molar-refractivity contribution in [2.45, 2.75) is 39.9 Å². The van der Waals surface area contributed by atoms with Crippen LogP contribution in [0.1, 0.15) is 29.4 Å². The summed E-state index contributed by atoms with van der Waals surface area (Å²) < 4.78 is 7.49. The molecule has 2 N–H and O–H groups in total. The number of aliphatic hydroxyl groups excluding tert-OH is 1. The molecule has 2 aromatic rings. The average molecular weight is 331 g/mol. The van der Waals surface area contributed by atoms with E-state index in [-0.39, 0.29) is 12.5 Å². The van der Waals surface area contributed by atoms with Crippen molar-refractivity contribution in [3.8, 4) is 5.75 Å². The molecule has 1 aromatic carbocycles. The predicted molar refractivity (Wildman–Crippen MR) is 91.9 cm³/mol. The van der Waals surface area contributed by atoms with Crippen LogP contribution in [0, 0.1) is 13.8 Å². The van der Waals surface area contributed by atoms with Gasteiger partial charge in [0.25, 0.3) is 5.91 Å². The molecule has 6 heteroatoms. The smallest absolute Gasteiger partial charge is 0.260 e. The lowest BCUT2D eigenvalue weighted by molar-refractivity contribution is -0.127. The Morgan fingerprint density at radius 2 is 2.17 bits per heavy atom. The topological polar surface area (TPSA) is 76.4 Å². The van der Waals surface area contributed by atoms with Gasteiger partial charge in [-0.15, -0.1) is 0 Å². The van der Waals surface area contributed by atoms with Crippen molar-refractivity contribution in [3.05, 3.63) is 46.8 Å². The number of nitrogens with one attached hydrogen (secondary N) is 1. The van der Waals surface area contributed by atoms with Crippen molar-refractivity contribution in [1.82, 2.24) is 15.1 Å². The van der Waals surface area contributed by atoms with Gasteiger partial charge in [0.05, 0.1) is 12.3 Å². The van der Waals surface area contributed by atoms with Gasteiger partial charge >= 0.3 is 0 Å². The second-order valence-corrected chi connectivity index (χ2v) is 5.88. The Kier molecular flexibility index (Phi) is 5.98. The van der Waals surface area contributed by atoms with Gasteiger partial charge in [0, 0.05) is 19.3 Å². The third kappa shape index (κ3) is 4.35. The maximum Gasteiger partial charge on any atom is 0.260 e. The molecule has 1 unspecified atom stereocenters. The Morgan fingerprint density at radius 3 is 2.79 bits per heavy atom. The first kappa shape index (κ1) is 18.0. The van der Waals surface area contributed by atoms with Crippen LogP contribution in [0.4, 0.5) is 0 Å². The molecule has 0 saturated carbocycles. The Labute approximate surface area is 142 Å². The van der Waals surface area contributed by atoms with E-state index in [9.17, 15) is 4.79 Å². The largest absolute Gasteiger partial charge is 0.481 e. The van der Waals surface area contributed by atoms with Crippen LogP contribution in [0.2, 0.25) is 0 Å². The summed E-state index contributed by atoms with van der Waals surface area (Å²) >= 11 is 0. The van der Waals surface area contributed by atoms with Crippen LogP contribution >= 0.6 is 0 Å². The van der Waals surface area contributed by atoms with Crippen molar-refractivity contribution in [1.29, 1.82) is 0 Å². The van der Waals surface area contributed by atoms with E-state index in [0.717, 1.165) is 23.4 Å². The molecule has 130 valence electrons. The number of ether oxygens (including phenoxy) is 1. The SMILES string of the molecule is Cc1nn(C)c(C)c1CCNC(=O)C(C)Oc1cccc(CO)c1. The van der Waals surface area contributed by atoms with Gasteiger partial charge in [-0.25, -0.2) is 0 Å². The summed E-state index contributed by atoms with van der Waals surface area (Å²) in [6.45, 7) is 6.20. The van der Waals surface area contributed by atoms with E-state index in [0.29, 0.717) is 12.3 Å². The van der Waals surface area contributed by atoms with E-state index in [2.05, 4.69) is 10.4 Å². The number of hydrogen-bond acceptors (Lipinski definition) is 4. The summed E-state index contributed by atoms with van der Waals surface area (Å²) in [4.78, 5) is 12.2. The molecule has 1 heterocycles. The van der Waals surface area contributed by atoms with Gasteiger partial charge in [0.2, 0.25) is 0 Å². The van der Waals surface area contributed by atoms with Gasteiger partial charge in [0.1, 0.15) is 5.75 Å². The second-order valence-electron chi connectivity index (χ2n) is 5.88. The van der Waals surface area contributed by atoms with E-state index in [1.165, 1.54) is 5.56 Å². The van der Waals surface area contributed by atoms with Crippen LogP contribution in [0.5, 0.6) is 5.75 Å². The van der Waals surface area contributed by atoms with Crippen LogP contribution < -0.4 is 10.1 Å². The molecular formula is C18H25N3O3. The highest BCUT2D eigenvalue weighted by Gasteiger charge is 2.15. The highest BCUT2D eigenvalue weighted by molar-refractivity contribution is 5.80. The molecule has 0 bridgehead atoms. The number of aryl methyl sites for hydroxylation is 2. The van der Waals surface area contributed by atoms with Gasteiger partial charge in [-0.1, -0.05) is 12.1 Å². The highest BCUT2D eigenvalue weighted by Crippen LogP contribution is 2.15. The molecule has 0 spiro atoms. The zero-order chi connectivity index (χ0) is 17.7. The molecule has 1 amide bonds. The fourth-order valence-electron chi connectivity index (χ4n) is 2.61. The molecule has 0 aliphatic carbocycles. The minimum Gasteiger partial charge on any atom is -0.481 e. The number of rotatable bonds is 7. The number of carbonyl (C=O) groups excluding carboxylic acids is 1. The molecule has 24 heavy (non-hydrogen) atoms. The van der Waals surface area contributed by atoms with Gasteiger partial charge in [-0.2, -0.15) is 5.10 Å². The van der Waals surface area contributed by atoms with Gasteiger partial charge < -0.3 is 15.2 Å². The molecule has 2 rings (SSSR count). The summed E-state index contributed by atoms with van der Waals surface area (Å²) in [5, 5.41) is 16.4.